The minimum atomic E-state index is -1.37. The second kappa shape index (κ2) is 6.81. The molecule has 2 aliphatic heterocycles. The molecule has 1 saturated heterocycles. The molecule has 1 aromatic carbocycles. The summed E-state index contributed by atoms with van der Waals surface area (Å²) < 4.78 is 57.7. The largest absolute Gasteiger partial charge is 0.334 e. The first-order valence-corrected chi connectivity index (χ1v) is 9.22. The van der Waals surface area contributed by atoms with Gasteiger partial charge in [-0.05, 0) is 44.6 Å². The fraction of sp³-hybridized carbons (Fsp3) is 0.500. The second-order valence-electron chi connectivity index (χ2n) is 7.05. The highest BCUT2D eigenvalue weighted by Gasteiger charge is 2.33. The number of fused-ring (bicyclic) bond motifs is 1. The SMILES string of the molecule is Fc1cc(F)c(F)c([C@H]2Cc3c(CCN4CCCC4)[nH]c(=S)n3C2)c1F. The van der Waals surface area contributed by atoms with Crippen LogP contribution < -0.4 is 0 Å². The molecule has 1 N–H and O–H groups in total. The van der Waals surface area contributed by atoms with Gasteiger partial charge in [0.2, 0.25) is 0 Å². The van der Waals surface area contributed by atoms with Crippen molar-refractivity contribution in [3.05, 3.63) is 51.1 Å². The molecule has 3 heterocycles. The van der Waals surface area contributed by atoms with Crippen LogP contribution in [-0.4, -0.2) is 34.1 Å². The van der Waals surface area contributed by atoms with E-state index in [-0.39, 0.29) is 12.6 Å². The Kier molecular flexibility index (Phi) is 4.64. The molecule has 0 spiro atoms. The molecule has 2 aliphatic rings. The van der Waals surface area contributed by atoms with Gasteiger partial charge in [-0.15, -0.1) is 0 Å². The van der Waals surface area contributed by atoms with Crippen molar-refractivity contribution in [1.29, 1.82) is 0 Å². The molecule has 1 aromatic heterocycles. The van der Waals surface area contributed by atoms with E-state index in [1.54, 1.807) is 4.57 Å². The van der Waals surface area contributed by atoms with Crippen LogP contribution >= 0.6 is 12.2 Å². The van der Waals surface area contributed by atoms with Gasteiger partial charge in [0.15, 0.2) is 28.0 Å². The van der Waals surface area contributed by atoms with Gasteiger partial charge in [-0.3, -0.25) is 0 Å². The topological polar surface area (TPSA) is 24.0 Å². The Balaban J connectivity index is 1.60. The summed E-state index contributed by atoms with van der Waals surface area (Å²) in [6.45, 7) is 3.27. The number of H-pyrrole nitrogens is 1. The predicted molar refractivity (Wildman–Crippen MR) is 91.7 cm³/mol. The summed E-state index contributed by atoms with van der Waals surface area (Å²) in [6, 6.07) is 0.247. The first-order chi connectivity index (χ1) is 12.5. The van der Waals surface area contributed by atoms with Crippen LogP contribution in [0, 0.1) is 28.0 Å². The average Bonchev–Trinajstić information content (AvgIpc) is 3.31. The van der Waals surface area contributed by atoms with Crippen molar-refractivity contribution in [3.8, 4) is 0 Å². The molecule has 1 atom stereocenters. The number of imidazole rings is 1. The average molecular weight is 385 g/mol. The molecule has 0 saturated carbocycles. The lowest BCUT2D eigenvalue weighted by molar-refractivity contribution is 0.342. The van der Waals surface area contributed by atoms with E-state index in [1.807, 2.05) is 0 Å². The summed E-state index contributed by atoms with van der Waals surface area (Å²) in [4.78, 5) is 5.55. The number of likely N-dealkylation sites (tertiary alicyclic amines) is 1. The van der Waals surface area contributed by atoms with E-state index in [9.17, 15) is 17.6 Å². The lowest BCUT2D eigenvalue weighted by Gasteiger charge is -2.15. The Morgan fingerprint density at radius 1 is 1.08 bits per heavy atom. The fourth-order valence-electron chi connectivity index (χ4n) is 4.13. The minimum absolute atomic E-state index is 0.213. The molecule has 8 heteroatoms. The molecule has 26 heavy (non-hydrogen) atoms. The molecule has 0 radical (unpaired) electrons. The summed E-state index contributed by atoms with van der Waals surface area (Å²) >= 11 is 5.33. The van der Waals surface area contributed by atoms with Crippen LogP contribution in [0.25, 0.3) is 0 Å². The maximum Gasteiger partial charge on any atom is 0.177 e. The molecule has 0 amide bonds. The summed E-state index contributed by atoms with van der Waals surface area (Å²) in [5.41, 5.74) is 1.30. The number of hydrogen-bond donors (Lipinski definition) is 1. The zero-order chi connectivity index (χ0) is 18.4. The van der Waals surface area contributed by atoms with Gasteiger partial charge >= 0.3 is 0 Å². The van der Waals surface area contributed by atoms with Gasteiger partial charge in [0.05, 0.1) is 0 Å². The van der Waals surface area contributed by atoms with Gasteiger partial charge in [-0.1, -0.05) is 0 Å². The van der Waals surface area contributed by atoms with Crippen LogP contribution in [0.1, 0.15) is 35.7 Å². The first-order valence-electron chi connectivity index (χ1n) is 8.81. The highest BCUT2D eigenvalue weighted by atomic mass is 32.1. The van der Waals surface area contributed by atoms with Crippen LogP contribution in [0.2, 0.25) is 0 Å². The third-order valence-electron chi connectivity index (χ3n) is 5.45. The molecule has 2 aromatic rings. The highest BCUT2D eigenvalue weighted by Crippen LogP contribution is 2.36. The third kappa shape index (κ3) is 2.99. The van der Waals surface area contributed by atoms with Crippen LogP contribution in [0.3, 0.4) is 0 Å². The summed E-state index contributed by atoms with van der Waals surface area (Å²) in [5.74, 6) is -6.02. The number of hydrogen-bond acceptors (Lipinski definition) is 2. The molecular weight excluding hydrogens is 366 g/mol. The number of nitrogens with one attached hydrogen (secondary N) is 1. The van der Waals surface area contributed by atoms with Crippen molar-refractivity contribution >= 4 is 12.2 Å². The van der Waals surface area contributed by atoms with Crippen molar-refractivity contribution in [2.24, 2.45) is 0 Å². The van der Waals surface area contributed by atoms with Crippen LogP contribution in [0.4, 0.5) is 17.6 Å². The van der Waals surface area contributed by atoms with Crippen molar-refractivity contribution in [2.45, 2.75) is 38.1 Å². The Morgan fingerprint density at radius 2 is 1.73 bits per heavy atom. The van der Waals surface area contributed by atoms with E-state index >= 15 is 0 Å². The molecular formula is C18H19F4N3S. The van der Waals surface area contributed by atoms with Crippen LogP contribution in [0.5, 0.6) is 0 Å². The van der Waals surface area contributed by atoms with Crippen LogP contribution in [0.15, 0.2) is 6.07 Å². The van der Waals surface area contributed by atoms with Crippen molar-refractivity contribution in [3.63, 3.8) is 0 Å². The maximum atomic E-state index is 14.1. The predicted octanol–water partition coefficient (Wildman–Crippen LogP) is 4.08. The number of aromatic amines is 1. The van der Waals surface area contributed by atoms with E-state index in [4.69, 9.17) is 12.2 Å². The Morgan fingerprint density at radius 3 is 2.38 bits per heavy atom. The number of nitrogens with zero attached hydrogens (tertiary/aromatic N) is 2. The quantitative estimate of drug-likeness (QED) is 0.487. The van der Waals surface area contributed by atoms with Gasteiger partial charge in [-0.2, -0.15) is 0 Å². The highest BCUT2D eigenvalue weighted by molar-refractivity contribution is 7.71. The number of aromatic nitrogens is 2. The first kappa shape index (κ1) is 17.7. The summed E-state index contributed by atoms with van der Waals surface area (Å²) in [6.07, 6.45) is 3.48. The summed E-state index contributed by atoms with van der Waals surface area (Å²) in [5, 5.41) is 0. The lowest BCUT2D eigenvalue weighted by atomic mass is 9.94. The number of benzene rings is 1. The fourth-order valence-corrected chi connectivity index (χ4v) is 4.43. The Labute approximate surface area is 153 Å². The van der Waals surface area contributed by atoms with Gasteiger partial charge in [0.1, 0.15) is 0 Å². The van der Waals surface area contributed by atoms with E-state index in [0.717, 1.165) is 37.4 Å². The zero-order valence-electron chi connectivity index (χ0n) is 14.1. The van der Waals surface area contributed by atoms with E-state index in [2.05, 4.69) is 9.88 Å². The third-order valence-corrected chi connectivity index (χ3v) is 5.77. The van der Waals surface area contributed by atoms with Gasteiger partial charge < -0.3 is 14.5 Å². The van der Waals surface area contributed by atoms with E-state index in [1.165, 1.54) is 12.8 Å². The molecule has 140 valence electrons. The van der Waals surface area contributed by atoms with Gasteiger partial charge in [0, 0.05) is 48.4 Å². The molecule has 1 fully saturated rings. The standard InChI is InChI=1S/C18H19F4N3S/c19-11-8-12(20)17(22)15(16(11)21)10-7-14-13(23-18(26)25(14)9-10)3-6-24-4-1-2-5-24/h8,10H,1-7,9H2,(H,23,26)/t10-/m0/s1. The molecule has 0 unspecified atom stereocenters. The zero-order valence-corrected chi connectivity index (χ0v) is 14.9. The second-order valence-corrected chi connectivity index (χ2v) is 7.43. The Hall–Kier alpha value is -1.67. The molecule has 4 rings (SSSR count). The van der Waals surface area contributed by atoms with Gasteiger partial charge in [-0.25, -0.2) is 17.6 Å². The number of halogens is 4. The van der Waals surface area contributed by atoms with Crippen molar-refractivity contribution in [1.82, 2.24) is 14.5 Å². The lowest BCUT2D eigenvalue weighted by Crippen LogP contribution is -2.22. The molecule has 3 nitrogen and oxygen atoms in total. The van der Waals surface area contributed by atoms with E-state index in [0.29, 0.717) is 11.2 Å². The van der Waals surface area contributed by atoms with Crippen molar-refractivity contribution in [2.75, 3.05) is 19.6 Å². The van der Waals surface area contributed by atoms with Gasteiger partial charge in [0.25, 0.3) is 0 Å². The van der Waals surface area contributed by atoms with E-state index < -0.39 is 34.8 Å². The smallest absolute Gasteiger partial charge is 0.177 e. The normalized spacial score (nSPS) is 20.1. The molecule has 0 aliphatic carbocycles. The Bertz CT molecular complexity index is 873. The maximum absolute atomic E-state index is 14.1. The summed E-state index contributed by atoms with van der Waals surface area (Å²) in [7, 11) is 0. The monoisotopic (exact) mass is 385 g/mol. The van der Waals surface area contributed by atoms with Crippen LogP contribution in [-0.2, 0) is 19.4 Å². The van der Waals surface area contributed by atoms with Crippen molar-refractivity contribution < 1.29 is 17.6 Å². The minimum Gasteiger partial charge on any atom is -0.334 e. The molecule has 0 bridgehead atoms. The number of rotatable bonds is 4.